The summed E-state index contributed by atoms with van der Waals surface area (Å²) in [6, 6.07) is 13.0. The maximum atomic E-state index is 12.4. The highest BCUT2D eigenvalue weighted by Gasteiger charge is 2.09. The number of fused-ring (bicyclic) bond motifs is 1. The van der Waals surface area contributed by atoms with Gasteiger partial charge < -0.3 is 9.47 Å². The Kier molecular flexibility index (Phi) is 6.09. The number of esters is 1. The SMILES string of the molecule is Cc1cc(OCCOC(=O)Cn2cnc3ccccc3c2=O)ccc1C(C)C. The lowest BCUT2D eigenvalue weighted by molar-refractivity contribution is -0.145. The Hall–Kier alpha value is -3.15. The molecule has 28 heavy (non-hydrogen) atoms. The Morgan fingerprint density at radius 1 is 1.14 bits per heavy atom. The molecule has 0 aliphatic carbocycles. The molecule has 6 heteroatoms. The second kappa shape index (κ2) is 8.69. The highest BCUT2D eigenvalue weighted by atomic mass is 16.6. The van der Waals surface area contributed by atoms with Crippen molar-refractivity contribution in [2.24, 2.45) is 0 Å². The molecular formula is C22H24N2O4. The minimum absolute atomic E-state index is 0.111. The lowest BCUT2D eigenvalue weighted by Gasteiger charge is -2.12. The molecule has 0 atom stereocenters. The van der Waals surface area contributed by atoms with Crippen LogP contribution in [-0.4, -0.2) is 28.7 Å². The highest BCUT2D eigenvalue weighted by molar-refractivity contribution is 5.77. The third-order valence-electron chi connectivity index (χ3n) is 4.51. The first-order valence-electron chi connectivity index (χ1n) is 9.29. The van der Waals surface area contributed by atoms with Crippen molar-refractivity contribution in [3.05, 3.63) is 70.3 Å². The molecule has 3 aromatic rings. The van der Waals surface area contributed by atoms with Gasteiger partial charge in [-0.05, 0) is 48.2 Å². The van der Waals surface area contributed by atoms with Crippen LogP contribution in [0.2, 0.25) is 0 Å². The van der Waals surface area contributed by atoms with Crippen LogP contribution in [0.1, 0.15) is 30.9 Å². The quantitative estimate of drug-likeness (QED) is 0.464. The van der Waals surface area contributed by atoms with E-state index < -0.39 is 5.97 Å². The van der Waals surface area contributed by atoms with Gasteiger partial charge in [-0.3, -0.25) is 14.2 Å². The lowest BCUT2D eigenvalue weighted by atomic mass is 9.98. The summed E-state index contributed by atoms with van der Waals surface area (Å²) in [5, 5.41) is 0.473. The van der Waals surface area contributed by atoms with Crippen molar-refractivity contribution in [2.75, 3.05) is 13.2 Å². The Morgan fingerprint density at radius 2 is 1.93 bits per heavy atom. The smallest absolute Gasteiger partial charge is 0.326 e. The minimum Gasteiger partial charge on any atom is -0.490 e. The van der Waals surface area contributed by atoms with E-state index in [9.17, 15) is 9.59 Å². The molecule has 0 unspecified atom stereocenters. The first-order valence-corrected chi connectivity index (χ1v) is 9.29. The van der Waals surface area contributed by atoms with Crippen molar-refractivity contribution in [3.63, 3.8) is 0 Å². The van der Waals surface area contributed by atoms with E-state index in [1.165, 1.54) is 22.0 Å². The molecule has 2 aromatic carbocycles. The number of carbonyl (C=O) groups excluding carboxylic acids is 1. The molecule has 0 radical (unpaired) electrons. The van der Waals surface area contributed by atoms with Gasteiger partial charge in [0.05, 0.1) is 17.2 Å². The number of carbonyl (C=O) groups is 1. The van der Waals surface area contributed by atoms with E-state index in [1.54, 1.807) is 18.2 Å². The third-order valence-corrected chi connectivity index (χ3v) is 4.51. The largest absolute Gasteiger partial charge is 0.490 e. The van der Waals surface area contributed by atoms with Crippen molar-refractivity contribution in [1.29, 1.82) is 0 Å². The van der Waals surface area contributed by atoms with Crippen LogP contribution in [0.15, 0.2) is 53.6 Å². The lowest BCUT2D eigenvalue weighted by Crippen LogP contribution is -2.26. The number of aromatic nitrogens is 2. The van der Waals surface area contributed by atoms with Crippen molar-refractivity contribution < 1.29 is 14.3 Å². The van der Waals surface area contributed by atoms with Crippen LogP contribution in [0.25, 0.3) is 10.9 Å². The van der Waals surface area contributed by atoms with Gasteiger partial charge in [-0.15, -0.1) is 0 Å². The molecule has 0 N–H and O–H groups in total. The topological polar surface area (TPSA) is 70.4 Å². The van der Waals surface area contributed by atoms with Gasteiger partial charge in [-0.2, -0.15) is 0 Å². The molecule has 0 spiro atoms. The van der Waals surface area contributed by atoms with Gasteiger partial charge in [0.1, 0.15) is 25.5 Å². The first kappa shape index (κ1) is 19.6. The predicted molar refractivity (Wildman–Crippen MR) is 108 cm³/mol. The Bertz CT molecular complexity index is 1040. The van der Waals surface area contributed by atoms with Crippen LogP contribution in [0.4, 0.5) is 0 Å². The second-order valence-electron chi connectivity index (χ2n) is 6.94. The van der Waals surface area contributed by atoms with Crippen LogP contribution in [0, 0.1) is 6.92 Å². The third kappa shape index (κ3) is 4.57. The van der Waals surface area contributed by atoms with Gasteiger partial charge in [0.15, 0.2) is 0 Å². The molecule has 3 rings (SSSR count). The zero-order valence-electron chi connectivity index (χ0n) is 16.3. The second-order valence-corrected chi connectivity index (χ2v) is 6.94. The Balaban J connectivity index is 1.51. The fourth-order valence-electron chi connectivity index (χ4n) is 3.10. The maximum absolute atomic E-state index is 12.4. The van der Waals surface area contributed by atoms with E-state index in [0.29, 0.717) is 16.8 Å². The zero-order chi connectivity index (χ0) is 20.1. The van der Waals surface area contributed by atoms with Gasteiger partial charge in [0, 0.05) is 0 Å². The molecule has 0 fully saturated rings. The summed E-state index contributed by atoms with van der Waals surface area (Å²) in [7, 11) is 0. The Labute approximate surface area is 163 Å². The first-order chi connectivity index (χ1) is 13.5. The number of aryl methyl sites for hydroxylation is 1. The monoisotopic (exact) mass is 380 g/mol. The van der Waals surface area contributed by atoms with Crippen LogP contribution >= 0.6 is 0 Å². The fourth-order valence-corrected chi connectivity index (χ4v) is 3.10. The fraction of sp³-hybridized carbons (Fsp3) is 0.318. The van der Waals surface area contributed by atoms with Crippen LogP contribution < -0.4 is 10.3 Å². The number of para-hydroxylation sites is 1. The number of benzene rings is 2. The van der Waals surface area contributed by atoms with Gasteiger partial charge >= 0.3 is 5.97 Å². The summed E-state index contributed by atoms with van der Waals surface area (Å²) in [5.41, 5.74) is 2.80. The number of hydrogen-bond donors (Lipinski definition) is 0. The zero-order valence-corrected chi connectivity index (χ0v) is 16.3. The van der Waals surface area contributed by atoms with Crippen LogP contribution in [0.5, 0.6) is 5.75 Å². The van der Waals surface area contributed by atoms with Gasteiger partial charge in [0.25, 0.3) is 5.56 Å². The molecule has 0 aliphatic heterocycles. The van der Waals surface area contributed by atoms with E-state index in [2.05, 4.69) is 31.8 Å². The van der Waals surface area contributed by atoms with E-state index in [4.69, 9.17) is 9.47 Å². The Morgan fingerprint density at radius 3 is 2.68 bits per heavy atom. The predicted octanol–water partition coefficient (Wildman–Crippen LogP) is 3.45. The standard InChI is InChI=1S/C22H24N2O4/c1-15(2)18-9-8-17(12-16(18)3)27-10-11-28-21(25)13-24-14-23-20-7-5-4-6-19(20)22(24)26/h4-9,12,14-15H,10-11,13H2,1-3H3. The van der Waals surface area contributed by atoms with E-state index in [1.807, 2.05) is 18.2 Å². The summed E-state index contributed by atoms with van der Waals surface area (Å²) in [5.74, 6) is 0.699. The molecule has 0 bridgehead atoms. The average Bonchev–Trinajstić information content (AvgIpc) is 2.67. The minimum atomic E-state index is -0.505. The van der Waals surface area contributed by atoms with Gasteiger partial charge in [-0.1, -0.05) is 32.0 Å². The number of ether oxygens (including phenoxy) is 2. The number of nitrogens with zero attached hydrogens (tertiary/aromatic N) is 2. The molecule has 0 saturated heterocycles. The van der Waals surface area contributed by atoms with Crippen molar-refractivity contribution in [2.45, 2.75) is 33.2 Å². The summed E-state index contributed by atoms with van der Waals surface area (Å²) in [6.45, 7) is 6.53. The molecule has 6 nitrogen and oxygen atoms in total. The molecular weight excluding hydrogens is 356 g/mol. The van der Waals surface area contributed by atoms with E-state index >= 15 is 0 Å². The summed E-state index contributed by atoms with van der Waals surface area (Å²) < 4.78 is 12.1. The summed E-state index contributed by atoms with van der Waals surface area (Å²) in [4.78, 5) is 28.6. The number of rotatable bonds is 7. The van der Waals surface area contributed by atoms with E-state index in [0.717, 1.165) is 5.75 Å². The normalized spacial score (nSPS) is 11.0. The van der Waals surface area contributed by atoms with Crippen molar-refractivity contribution in [3.8, 4) is 5.75 Å². The van der Waals surface area contributed by atoms with E-state index in [-0.39, 0.29) is 25.3 Å². The molecule has 0 aliphatic rings. The molecule has 1 aromatic heterocycles. The molecule has 1 heterocycles. The highest BCUT2D eigenvalue weighted by Crippen LogP contribution is 2.23. The van der Waals surface area contributed by atoms with Crippen LogP contribution in [-0.2, 0) is 16.1 Å². The van der Waals surface area contributed by atoms with Gasteiger partial charge in [0.2, 0.25) is 0 Å². The average molecular weight is 380 g/mol. The molecule has 0 amide bonds. The van der Waals surface area contributed by atoms with Crippen molar-refractivity contribution >= 4 is 16.9 Å². The van der Waals surface area contributed by atoms with Crippen molar-refractivity contribution in [1.82, 2.24) is 9.55 Å². The van der Waals surface area contributed by atoms with Crippen LogP contribution in [0.3, 0.4) is 0 Å². The molecule has 0 saturated carbocycles. The summed E-state index contributed by atoms with van der Waals surface area (Å²) >= 11 is 0. The number of hydrogen-bond acceptors (Lipinski definition) is 5. The molecule has 146 valence electrons. The maximum Gasteiger partial charge on any atom is 0.326 e. The van der Waals surface area contributed by atoms with Gasteiger partial charge in [-0.25, -0.2) is 4.98 Å². The summed E-state index contributed by atoms with van der Waals surface area (Å²) in [6.07, 6.45) is 1.36.